The van der Waals surface area contributed by atoms with Gasteiger partial charge in [-0.05, 0) is 42.0 Å². The van der Waals surface area contributed by atoms with Crippen LogP contribution in [-0.4, -0.2) is 19.5 Å². The topological polar surface area (TPSA) is 62.5 Å². The Morgan fingerprint density at radius 2 is 1.59 bits per heavy atom. The maximum Gasteiger partial charge on any atom is 0.513 e. The molecule has 1 aromatic heterocycles. The second-order valence-electron chi connectivity index (χ2n) is 8.01. The third kappa shape index (κ3) is 4.91. The number of carbonyl (C=O) groups excluding carboxylic acids is 1. The smallest absolute Gasteiger partial charge is 0.513 e. The summed E-state index contributed by atoms with van der Waals surface area (Å²) in [4.78, 5) is 13.2. The second kappa shape index (κ2) is 10.1. The molecule has 0 N–H and O–H groups in total. The quantitative estimate of drug-likeness (QED) is 0.194. The third-order valence-corrected chi connectivity index (χ3v) is 6.39. The van der Waals surface area contributed by atoms with Gasteiger partial charge in [0.25, 0.3) is 0 Å². The number of thioether (sulfide) groups is 1. The van der Waals surface area contributed by atoms with Crippen LogP contribution in [0.2, 0.25) is 0 Å². The summed E-state index contributed by atoms with van der Waals surface area (Å²) < 4.78 is 11.2. The van der Waals surface area contributed by atoms with Crippen LogP contribution in [0.3, 0.4) is 0 Å². The molecule has 0 spiro atoms. The first-order valence-corrected chi connectivity index (χ1v) is 11.7. The van der Waals surface area contributed by atoms with Crippen LogP contribution in [0, 0.1) is 19.1 Å². The van der Waals surface area contributed by atoms with Gasteiger partial charge >= 0.3 is 6.16 Å². The molecule has 168 valence electrons. The zero-order valence-electron chi connectivity index (χ0n) is 19.4. The lowest BCUT2D eigenvalue weighted by atomic mass is 9.93. The highest BCUT2D eigenvalue weighted by Crippen LogP contribution is 2.33. The first kappa shape index (κ1) is 23.7. The number of carbonyl (C=O) groups is 1. The third-order valence-electron chi connectivity index (χ3n) is 5.65. The number of rotatable bonds is 6. The molecule has 0 amide bonds. The van der Waals surface area contributed by atoms with Gasteiger partial charge in [0.05, 0.1) is 18.2 Å². The van der Waals surface area contributed by atoms with Crippen LogP contribution in [-0.2, 0) is 11.2 Å². The Morgan fingerprint density at radius 1 is 1.03 bits per heavy atom. The van der Waals surface area contributed by atoms with Crippen LogP contribution < -0.4 is 9.47 Å². The number of hydrogen-bond acceptors (Lipinski definition) is 5. The number of ether oxygens (including phenoxy) is 2. The SMILES string of the molecule is COC(=O)Oc1c(C)c(C)[n+]([O-])c(C(C)C)c1Cc1ccc(-c2ccc(SC)cc2)cc1. The zero-order valence-corrected chi connectivity index (χ0v) is 20.2. The highest BCUT2D eigenvalue weighted by atomic mass is 32.2. The van der Waals surface area contributed by atoms with Gasteiger partial charge in [-0.1, -0.05) is 50.2 Å². The summed E-state index contributed by atoms with van der Waals surface area (Å²) in [6.07, 6.45) is 1.73. The molecule has 0 atom stereocenters. The lowest BCUT2D eigenvalue weighted by Gasteiger charge is -2.20. The first-order valence-electron chi connectivity index (χ1n) is 10.5. The highest BCUT2D eigenvalue weighted by Gasteiger charge is 2.28. The van der Waals surface area contributed by atoms with Crippen LogP contribution in [0.1, 0.15) is 47.8 Å². The molecule has 2 aromatic carbocycles. The summed E-state index contributed by atoms with van der Waals surface area (Å²) in [6.45, 7) is 7.45. The minimum Gasteiger partial charge on any atom is -0.618 e. The van der Waals surface area contributed by atoms with Gasteiger partial charge in [-0.15, -0.1) is 11.8 Å². The minimum atomic E-state index is -0.795. The van der Waals surface area contributed by atoms with Crippen molar-refractivity contribution in [2.24, 2.45) is 0 Å². The van der Waals surface area contributed by atoms with Crippen LogP contribution in [0.5, 0.6) is 5.75 Å². The Morgan fingerprint density at radius 3 is 2.09 bits per heavy atom. The van der Waals surface area contributed by atoms with E-state index >= 15 is 0 Å². The summed E-state index contributed by atoms with van der Waals surface area (Å²) in [7, 11) is 1.27. The molecule has 0 aliphatic rings. The lowest BCUT2D eigenvalue weighted by molar-refractivity contribution is -0.622. The van der Waals surface area contributed by atoms with Crippen molar-refractivity contribution in [2.45, 2.75) is 44.9 Å². The number of methoxy groups -OCH3 is 1. The molecule has 32 heavy (non-hydrogen) atoms. The largest absolute Gasteiger partial charge is 0.618 e. The molecule has 0 radical (unpaired) electrons. The van der Waals surface area contributed by atoms with Crippen LogP contribution in [0.25, 0.3) is 11.1 Å². The van der Waals surface area contributed by atoms with Crippen molar-refractivity contribution in [1.82, 2.24) is 0 Å². The summed E-state index contributed by atoms with van der Waals surface area (Å²) in [5, 5.41) is 13.0. The van der Waals surface area contributed by atoms with E-state index in [2.05, 4.69) is 42.7 Å². The van der Waals surface area contributed by atoms with Crippen molar-refractivity contribution in [3.8, 4) is 16.9 Å². The summed E-state index contributed by atoms with van der Waals surface area (Å²) >= 11 is 1.72. The van der Waals surface area contributed by atoms with Crippen molar-refractivity contribution in [2.75, 3.05) is 13.4 Å². The van der Waals surface area contributed by atoms with E-state index in [1.54, 1.807) is 25.6 Å². The Bertz CT molecular complexity index is 1110. The number of nitrogens with zero attached hydrogens (tertiary/aromatic N) is 1. The molecule has 5 nitrogen and oxygen atoms in total. The average molecular weight is 452 g/mol. The fourth-order valence-electron chi connectivity index (χ4n) is 3.78. The molecule has 0 saturated heterocycles. The fourth-order valence-corrected chi connectivity index (χ4v) is 4.19. The Kier molecular flexibility index (Phi) is 7.46. The summed E-state index contributed by atoms with van der Waals surface area (Å²) in [5.74, 6) is 0.359. The maximum atomic E-state index is 13.0. The molecule has 0 aliphatic heterocycles. The first-order chi connectivity index (χ1) is 15.3. The van der Waals surface area contributed by atoms with Crippen LogP contribution in [0.4, 0.5) is 4.79 Å². The minimum absolute atomic E-state index is 0.0454. The molecular weight excluding hydrogens is 422 g/mol. The number of aromatic nitrogens is 1. The fraction of sp³-hybridized carbons (Fsp3) is 0.308. The summed E-state index contributed by atoms with van der Waals surface area (Å²) in [5.41, 5.74) is 5.75. The maximum absolute atomic E-state index is 13.0. The van der Waals surface area contributed by atoms with E-state index in [9.17, 15) is 10.0 Å². The van der Waals surface area contributed by atoms with Gasteiger partial charge in [0.15, 0.2) is 11.4 Å². The van der Waals surface area contributed by atoms with Gasteiger partial charge in [0, 0.05) is 24.2 Å². The van der Waals surface area contributed by atoms with E-state index in [-0.39, 0.29) is 5.92 Å². The van der Waals surface area contributed by atoms with Crippen molar-refractivity contribution in [3.05, 3.63) is 81.8 Å². The second-order valence-corrected chi connectivity index (χ2v) is 8.89. The number of benzene rings is 2. The van der Waals surface area contributed by atoms with Crippen LogP contribution >= 0.6 is 11.8 Å². The Labute approximate surface area is 194 Å². The van der Waals surface area contributed by atoms with Crippen molar-refractivity contribution in [1.29, 1.82) is 0 Å². The van der Waals surface area contributed by atoms with E-state index in [1.165, 1.54) is 12.0 Å². The summed E-state index contributed by atoms with van der Waals surface area (Å²) in [6, 6.07) is 16.7. The highest BCUT2D eigenvalue weighted by molar-refractivity contribution is 7.98. The van der Waals surface area contributed by atoms with E-state index in [0.29, 0.717) is 34.7 Å². The molecule has 6 heteroatoms. The zero-order chi connectivity index (χ0) is 23.4. The molecule has 0 unspecified atom stereocenters. The van der Waals surface area contributed by atoms with Gasteiger partial charge in [0.2, 0.25) is 5.69 Å². The van der Waals surface area contributed by atoms with Crippen molar-refractivity contribution in [3.63, 3.8) is 0 Å². The van der Waals surface area contributed by atoms with Crippen molar-refractivity contribution < 1.29 is 19.0 Å². The van der Waals surface area contributed by atoms with Gasteiger partial charge in [-0.3, -0.25) is 0 Å². The standard InChI is InChI=1S/C26H29NO4S/c1-16(2)24-23(25(31-26(28)30-5)17(3)18(4)27(24)29)15-19-7-9-20(10-8-19)21-11-13-22(32-6)14-12-21/h7-14,16H,15H2,1-6H3. The predicted octanol–water partition coefficient (Wildman–Crippen LogP) is 6.19. The molecule has 0 bridgehead atoms. The number of pyridine rings is 1. The van der Waals surface area contributed by atoms with E-state index < -0.39 is 6.16 Å². The van der Waals surface area contributed by atoms with Crippen molar-refractivity contribution >= 4 is 17.9 Å². The van der Waals surface area contributed by atoms with Gasteiger partial charge < -0.3 is 14.7 Å². The molecule has 3 aromatic rings. The molecule has 3 rings (SSSR count). The predicted molar refractivity (Wildman–Crippen MR) is 128 cm³/mol. The molecular formula is C26H29NO4S. The van der Waals surface area contributed by atoms with Gasteiger partial charge in [0.1, 0.15) is 0 Å². The van der Waals surface area contributed by atoms with Crippen LogP contribution in [0.15, 0.2) is 53.4 Å². The Balaban J connectivity index is 2.02. The van der Waals surface area contributed by atoms with Gasteiger partial charge in [-0.2, -0.15) is 4.73 Å². The number of hydrogen-bond donors (Lipinski definition) is 0. The molecule has 0 aliphatic carbocycles. The average Bonchev–Trinajstić information content (AvgIpc) is 2.80. The lowest BCUT2D eigenvalue weighted by Crippen LogP contribution is -2.39. The van der Waals surface area contributed by atoms with E-state index in [0.717, 1.165) is 21.4 Å². The van der Waals surface area contributed by atoms with E-state index in [4.69, 9.17) is 9.47 Å². The molecule has 0 fully saturated rings. The Hall–Kier alpha value is -2.99. The molecule has 0 saturated carbocycles. The normalized spacial score (nSPS) is 11.0. The van der Waals surface area contributed by atoms with E-state index in [1.807, 2.05) is 26.0 Å². The molecule has 1 heterocycles. The monoisotopic (exact) mass is 451 g/mol. The van der Waals surface area contributed by atoms with Gasteiger partial charge in [-0.25, -0.2) is 4.79 Å².